The monoisotopic (exact) mass is 383 g/mol. The van der Waals surface area contributed by atoms with Gasteiger partial charge in [-0.1, -0.05) is 17.7 Å². The molecule has 28 heavy (non-hydrogen) atoms. The maximum Gasteiger partial charge on any atom is 0.259 e. The second-order valence-electron chi connectivity index (χ2n) is 6.67. The van der Waals surface area contributed by atoms with Crippen LogP contribution in [0.4, 0.5) is 5.69 Å². The molecule has 1 heterocycles. The molecule has 0 spiro atoms. The molecule has 0 aromatic heterocycles. The van der Waals surface area contributed by atoms with Gasteiger partial charge in [0, 0.05) is 11.3 Å². The highest BCUT2D eigenvalue weighted by atomic mass is 16.6. The first-order chi connectivity index (χ1) is 13.5. The zero-order chi connectivity index (χ0) is 20.1. The number of hydrogen-bond donors (Lipinski definition) is 2. The molecule has 0 fully saturated rings. The second kappa shape index (κ2) is 8.65. The Morgan fingerprint density at radius 2 is 1.86 bits per heavy atom. The summed E-state index contributed by atoms with van der Waals surface area (Å²) in [6.07, 6.45) is 1.54. The zero-order valence-electron chi connectivity index (χ0n) is 16.6. The van der Waals surface area contributed by atoms with Crippen LogP contribution in [0, 0.1) is 20.8 Å². The highest BCUT2D eigenvalue weighted by Crippen LogP contribution is 2.39. The number of hydrazone groups is 1. The zero-order valence-corrected chi connectivity index (χ0v) is 16.6. The van der Waals surface area contributed by atoms with Crippen LogP contribution >= 0.6 is 0 Å². The molecule has 148 valence electrons. The van der Waals surface area contributed by atoms with Gasteiger partial charge in [0.2, 0.25) is 5.75 Å². The first kappa shape index (κ1) is 19.5. The van der Waals surface area contributed by atoms with E-state index in [0.29, 0.717) is 30.5 Å². The van der Waals surface area contributed by atoms with Gasteiger partial charge in [0.1, 0.15) is 13.2 Å². The van der Waals surface area contributed by atoms with E-state index in [0.717, 1.165) is 22.4 Å². The average molecular weight is 383 g/mol. The minimum Gasteiger partial charge on any atom is -0.493 e. The first-order valence-electron chi connectivity index (χ1n) is 9.09. The van der Waals surface area contributed by atoms with E-state index in [1.165, 1.54) is 5.56 Å². The number of benzene rings is 2. The van der Waals surface area contributed by atoms with E-state index < -0.39 is 0 Å². The van der Waals surface area contributed by atoms with Gasteiger partial charge in [-0.2, -0.15) is 5.10 Å². The van der Waals surface area contributed by atoms with Crippen LogP contribution in [0.25, 0.3) is 0 Å². The summed E-state index contributed by atoms with van der Waals surface area (Å²) in [5, 5.41) is 7.19. The molecule has 0 saturated heterocycles. The van der Waals surface area contributed by atoms with Crippen molar-refractivity contribution in [3.8, 4) is 17.2 Å². The topological polar surface area (TPSA) is 81.2 Å². The number of nitrogens with one attached hydrogen (secondary N) is 2. The van der Waals surface area contributed by atoms with Gasteiger partial charge in [-0.15, -0.1) is 0 Å². The molecule has 3 rings (SSSR count). The molecule has 0 aliphatic carbocycles. The third-order valence-corrected chi connectivity index (χ3v) is 4.36. The Morgan fingerprint density at radius 1 is 1.14 bits per heavy atom. The number of amides is 1. The molecule has 0 unspecified atom stereocenters. The van der Waals surface area contributed by atoms with Gasteiger partial charge in [-0.25, -0.2) is 5.43 Å². The number of aryl methyl sites for hydroxylation is 3. The third kappa shape index (κ3) is 4.54. The lowest BCUT2D eigenvalue weighted by Crippen LogP contribution is -2.26. The van der Waals surface area contributed by atoms with Crippen LogP contribution in [0.15, 0.2) is 29.4 Å². The Morgan fingerprint density at radius 3 is 2.57 bits per heavy atom. The third-order valence-electron chi connectivity index (χ3n) is 4.36. The highest BCUT2D eigenvalue weighted by molar-refractivity contribution is 5.86. The molecule has 0 atom stereocenters. The van der Waals surface area contributed by atoms with E-state index in [9.17, 15) is 4.79 Å². The van der Waals surface area contributed by atoms with Gasteiger partial charge in [0.15, 0.2) is 11.5 Å². The molecule has 7 nitrogen and oxygen atoms in total. The first-order valence-corrected chi connectivity index (χ1v) is 9.09. The van der Waals surface area contributed by atoms with Crippen molar-refractivity contribution in [3.63, 3.8) is 0 Å². The molecule has 2 aromatic carbocycles. The van der Waals surface area contributed by atoms with Crippen molar-refractivity contribution < 1.29 is 19.0 Å². The molecule has 2 N–H and O–H groups in total. The van der Waals surface area contributed by atoms with Crippen LogP contribution in [0.2, 0.25) is 0 Å². The fourth-order valence-corrected chi connectivity index (χ4v) is 3.21. The van der Waals surface area contributed by atoms with E-state index in [4.69, 9.17) is 14.2 Å². The van der Waals surface area contributed by atoms with Crippen molar-refractivity contribution in [1.29, 1.82) is 0 Å². The van der Waals surface area contributed by atoms with Gasteiger partial charge in [0.25, 0.3) is 5.91 Å². The largest absolute Gasteiger partial charge is 0.493 e. The number of methoxy groups -OCH3 is 1. The molecule has 2 aromatic rings. The number of anilines is 1. The fraction of sp³-hybridized carbons (Fsp3) is 0.333. The summed E-state index contributed by atoms with van der Waals surface area (Å²) in [6, 6.07) is 7.74. The van der Waals surface area contributed by atoms with Gasteiger partial charge < -0.3 is 19.5 Å². The number of carbonyl (C=O) groups is 1. The number of carbonyl (C=O) groups excluding carboxylic acids is 1. The van der Waals surface area contributed by atoms with Gasteiger partial charge in [-0.3, -0.25) is 4.79 Å². The van der Waals surface area contributed by atoms with Crippen LogP contribution in [-0.2, 0) is 4.79 Å². The molecular weight excluding hydrogens is 358 g/mol. The van der Waals surface area contributed by atoms with Gasteiger partial charge in [0.05, 0.1) is 19.9 Å². The van der Waals surface area contributed by atoms with Crippen molar-refractivity contribution in [2.24, 2.45) is 5.10 Å². The predicted molar refractivity (Wildman–Crippen MR) is 109 cm³/mol. The number of hydrogen-bond acceptors (Lipinski definition) is 6. The Kier molecular flexibility index (Phi) is 6.03. The molecule has 0 saturated carbocycles. The quantitative estimate of drug-likeness (QED) is 0.592. The van der Waals surface area contributed by atoms with Crippen molar-refractivity contribution in [2.45, 2.75) is 20.8 Å². The normalized spacial score (nSPS) is 12.7. The number of fused-ring (bicyclic) bond motifs is 1. The number of ether oxygens (including phenoxy) is 3. The molecule has 1 aliphatic rings. The van der Waals surface area contributed by atoms with E-state index in [1.54, 1.807) is 25.5 Å². The minimum absolute atomic E-state index is 0.131. The van der Waals surface area contributed by atoms with Crippen molar-refractivity contribution in [2.75, 3.05) is 32.2 Å². The fourth-order valence-electron chi connectivity index (χ4n) is 3.21. The van der Waals surface area contributed by atoms with Crippen LogP contribution in [0.5, 0.6) is 17.2 Å². The van der Waals surface area contributed by atoms with Crippen molar-refractivity contribution in [1.82, 2.24) is 5.43 Å². The summed E-state index contributed by atoms with van der Waals surface area (Å²) in [5.74, 6) is 1.52. The lowest BCUT2D eigenvalue weighted by Gasteiger charge is -2.20. The maximum atomic E-state index is 12.1. The molecule has 1 amide bonds. The Balaban J connectivity index is 1.60. The summed E-state index contributed by atoms with van der Waals surface area (Å²) in [5.41, 5.74) is 7.65. The van der Waals surface area contributed by atoms with Crippen LogP contribution in [0.3, 0.4) is 0 Å². The van der Waals surface area contributed by atoms with Crippen LogP contribution in [-0.4, -0.2) is 39.0 Å². The van der Waals surface area contributed by atoms with Crippen LogP contribution < -0.4 is 25.0 Å². The predicted octanol–water partition coefficient (Wildman–Crippen LogP) is 2.95. The standard InChI is InChI=1S/C21H25N3O4/c1-13-7-14(2)20(15(3)8-13)22-12-19(25)24-23-11-16-9-17(26-4)21-18(10-16)27-5-6-28-21/h7-11,22H,5-6,12H2,1-4H3,(H,24,25)/b23-11-. The van der Waals surface area contributed by atoms with Crippen LogP contribution in [0.1, 0.15) is 22.3 Å². The summed E-state index contributed by atoms with van der Waals surface area (Å²) in [4.78, 5) is 12.1. The number of rotatable bonds is 6. The molecule has 0 radical (unpaired) electrons. The summed E-state index contributed by atoms with van der Waals surface area (Å²) < 4.78 is 16.5. The Bertz CT molecular complexity index is 869. The Labute approximate surface area is 164 Å². The highest BCUT2D eigenvalue weighted by Gasteiger charge is 2.18. The smallest absolute Gasteiger partial charge is 0.259 e. The molecule has 7 heteroatoms. The average Bonchev–Trinajstić information content (AvgIpc) is 2.66. The van der Waals surface area contributed by atoms with Gasteiger partial charge in [-0.05, 0) is 44.0 Å². The number of nitrogens with zero attached hydrogens (tertiary/aromatic N) is 1. The maximum absolute atomic E-state index is 12.1. The van der Waals surface area contributed by atoms with E-state index in [1.807, 2.05) is 13.8 Å². The van der Waals surface area contributed by atoms with E-state index >= 15 is 0 Å². The second-order valence-corrected chi connectivity index (χ2v) is 6.67. The van der Waals surface area contributed by atoms with E-state index in [-0.39, 0.29) is 12.5 Å². The van der Waals surface area contributed by atoms with Crippen molar-refractivity contribution in [3.05, 3.63) is 46.5 Å². The van der Waals surface area contributed by atoms with E-state index in [2.05, 4.69) is 34.9 Å². The van der Waals surface area contributed by atoms with Gasteiger partial charge >= 0.3 is 0 Å². The lowest BCUT2D eigenvalue weighted by atomic mass is 10.1. The SMILES string of the molecule is COc1cc(/C=N\NC(=O)CNc2c(C)cc(C)cc2C)cc2c1OCCO2. The molecular formula is C21H25N3O4. The Hall–Kier alpha value is -3.22. The minimum atomic E-state index is -0.236. The molecule has 0 bridgehead atoms. The lowest BCUT2D eigenvalue weighted by molar-refractivity contribution is -0.119. The molecule has 1 aliphatic heterocycles. The summed E-state index contributed by atoms with van der Waals surface area (Å²) in [6.45, 7) is 7.20. The van der Waals surface area contributed by atoms with Crippen molar-refractivity contribution >= 4 is 17.8 Å². The summed E-state index contributed by atoms with van der Waals surface area (Å²) >= 11 is 0. The summed E-state index contributed by atoms with van der Waals surface area (Å²) in [7, 11) is 1.57.